The Balaban J connectivity index is 2.37. The monoisotopic (exact) mass is 311 g/mol. The fourth-order valence-electron chi connectivity index (χ4n) is 1.63. The van der Waals surface area contributed by atoms with E-state index >= 15 is 0 Å². The highest BCUT2D eigenvalue weighted by molar-refractivity contribution is 8.00. The predicted molar refractivity (Wildman–Crippen MR) is 82.7 cm³/mol. The van der Waals surface area contributed by atoms with Crippen LogP contribution < -0.4 is 5.32 Å². The summed E-state index contributed by atoms with van der Waals surface area (Å²) >= 11 is 1.42. The van der Waals surface area contributed by atoms with Crippen LogP contribution in [0.4, 0.5) is 0 Å². The number of methoxy groups -OCH3 is 1. The summed E-state index contributed by atoms with van der Waals surface area (Å²) < 4.78 is 4.74. The van der Waals surface area contributed by atoms with Gasteiger partial charge in [0.15, 0.2) is 6.10 Å². The van der Waals surface area contributed by atoms with Gasteiger partial charge in [-0.05, 0) is 23.6 Å². The van der Waals surface area contributed by atoms with Gasteiger partial charge in [0, 0.05) is 12.0 Å². The minimum atomic E-state index is -1.09. The van der Waals surface area contributed by atoms with E-state index in [-0.39, 0.29) is 18.2 Å². The van der Waals surface area contributed by atoms with Crippen molar-refractivity contribution in [1.29, 1.82) is 0 Å². The van der Waals surface area contributed by atoms with Crippen LogP contribution in [-0.4, -0.2) is 42.5 Å². The summed E-state index contributed by atoms with van der Waals surface area (Å²) in [6, 6.07) is 8.08. The van der Waals surface area contributed by atoms with Gasteiger partial charge in [0.25, 0.3) is 0 Å². The molecule has 1 unspecified atom stereocenters. The largest absolute Gasteiger partial charge is 0.479 e. The molecule has 1 aromatic rings. The minimum absolute atomic E-state index is 0.0302. The molecular weight excluding hydrogens is 290 g/mol. The van der Waals surface area contributed by atoms with Gasteiger partial charge in [-0.3, -0.25) is 4.79 Å². The Labute approximate surface area is 129 Å². The third-order valence-electron chi connectivity index (χ3n) is 2.96. The second-order valence-electron chi connectivity index (χ2n) is 4.88. The highest BCUT2D eigenvalue weighted by Gasteiger charge is 2.17. The maximum atomic E-state index is 11.7. The summed E-state index contributed by atoms with van der Waals surface area (Å²) in [5.74, 6) is -0.572. The van der Waals surface area contributed by atoms with Gasteiger partial charge in [-0.2, -0.15) is 0 Å². The van der Waals surface area contributed by atoms with E-state index in [0.717, 1.165) is 4.90 Å². The van der Waals surface area contributed by atoms with Crippen molar-refractivity contribution in [3.8, 4) is 0 Å². The molecule has 1 rings (SSSR count). The van der Waals surface area contributed by atoms with Crippen LogP contribution in [0, 0.1) is 0 Å². The number of benzene rings is 1. The Hall–Kier alpha value is -1.53. The van der Waals surface area contributed by atoms with E-state index in [4.69, 9.17) is 9.84 Å². The van der Waals surface area contributed by atoms with Gasteiger partial charge in [-0.25, -0.2) is 4.79 Å². The van der Waals surface area contributed by atoms with Gasteiger partial charge in [-0.1, -0.05) is 26.0 Å². The maximum absolute atomic E-state index is 11.7. The van der Waals surface area contributed by atoms with E-state index in [1.54, 1.807) is 0 Å². The lowest BCUT2D eigenvalue weighted by Crippen LogP contribution is -2.38. The van der Waals surface area contributed by atoms with Crippen molar-refractivity contribution >= 4 is 23.6 Å². The van der Waals surface area contributed by atoms with Gasteiger partial charge in [0.2, 0.25) is 5.91 Å². The molecule has 0 heterocycles. The quantitative estimate of drug-likeness (QED) is 0.719. The van der Waals surface area contributed by atoms with Gasteiger partial charge in [0.1, 0.15) is 0 Å². The number of nitrogens with one attached hydrogen (secondary N) is 1. The van der Waals surface area contributed by atoms with Crippen molar-refractivity contribution in [3.05, 3.63) is 29.8 Å². The summed E-state index contributed by atoms with van der Waals surface area (Å²) in [6.07, 6.45) is -1.01. The van der Waals surface area contributed by atoms with E-state index in [0.29, 0.717) is 5.92 Å². The molecule has 1 aromatic carbocycles. The fourth-order valence-corrected chi connectivity index (χ4v) is 2.36. The van der Waals surface area contributed by atoms with E-state index in [1.165, 1.54) is 24.4 Å². The summed E-state index contributed by atoms with van der Waals surface area (Å²) in [5, 5.41) is 11.3. The van der Waals surface area contributed by atoms with Crippen molar-refractivity contribution in [2.75, 3.05) is 19.4 Å². The second-order valence-corrected chi connectivity index (χ2v) is 5.93. The molecule has 0 spiro atoms. The highest BCUT2D eigenvalue weighted by Crippen LogP contribution is 2.21. The molecule has 5 nitrogen and oxygen atoms in total. The Kier molecular flexibility index (Phi) is 7.25. The van der Waals surface area contributed by atoms with Crippen LogP contribution >= 0.6 is 11.8 Å². The maximum Gasteiger partial charge on any atom is 0.334 e. The van der Waals surface area contributed by atoms with Crippen LogP contribution in [0.2, 0.25) is 0 Å². The minimum Gasteiger partial charge on any atom is -0.479 e. The molecule has 0 aliphatic carbocycles. The Morgan fingerprint density at radius 3 is 2.38 bits per heavy atom. The average Bonchev–Trinajstić information content (AvgIpc) is 2.45. The number of carbonyl (C=O) groups is 2. The van der Waals surface area contributed by atoms with Crippen LogP contribution in [0.25, 0.3) is 0 Å². The zero-order chi connectivity index (χ0) is 15.8. The SMILES string of the molecule is COC(CNC(=O)CSc1ccc(C(C)C)cc1)C(=O)O. The number of carboxylic acids is 1. The molecule has 0 aromatic heterocycles. The van der Waals surface area contributed by atoms with Crippen LogP contribution in [0.3, 0.4) is 0 Å². The van der Waals surface area contributed by atoms with Gasteiger partial charge >= 0.3 is 5.97 Å². The molecule has 2 N–H and O–H groups in total. The third-order valence-corrected chi connectivity index (χ3v) is 3.97. The molecule has 0 saturated carbocycles. The lowest BCUT2D eigenvalue weighted by atomic mass is 10.0. The lowest BCUT2D eigenvalue weighted by molar-refractivity contribution is -0.148. The van der Waals surface area contributed by atoms with Crippen LogP contribution in [-0.2, 0) is 14.3 Å². The number of hydrogen-bond donors (Lipinski definition) is 2. The number of ether oxygens (including phenoxy) is 1. The normalized spacial score (nSPS) is 12.2. The lowest BCUT2D eigenvalue weighted by Gasteiger charge is -2.11. The number of amides is 1. The standard InChI is InChI=1S/C15H21NO4S/c1-10(2)11-4-6-12(7-5-11)21-9-14(17)16-8-13(20-3)15(18)19/h4-7,10,13H,8-9H2,1-3H3,(H,16,17)(H,18,19). The van der Waals surface area contributed by atoms with Crippen molar-refractivity contribution in [1.82, 2.24) is 5.32 Å². The summed E-state index contributed by atoms with van der Waals surface area (Å²) in [4.78, 5) is 23.4. The number of aliphatic carboxylic acids is 1. The molecule has 0 bridgehead atoms. The number of thioether (sulfide) groups is 1. The van der Waals surface area contributed by atoms with Crippen molar-refractivity contribution in [2.24, 2.45) is 0 Å². The first kappa shape index (κ1) is 17.5. The zero-order valence-electron chi connectivity index (χ0n) is 12.5. The van der Waals surface area contributed by atoms with Crippen LogP contribution in [0.5, 0.6) is 0 Å². The molecular formula is C15H21NO4S. The number of hydrogen-bond acceptors (Lipinski definition) is 4. The van der Waals surface area contributed by atoms with Crippen molar-refractivity contribution < 1.29 is 19.4 Å². The smallest absolute Gasteiger partial charge is 0.334 e. The third kappa shape index (κ3) is 6.18. The van der Waals surface area contributed by atoms with E-state index in [1.807, 2.05) is 12.1 Å². The summed E-state index contributed by atoms with van der Waals surface area (Å²) in [5.41, 5.74) is 1.26. The molecule has 116 valence electrons. The molecule has 6 heteroatoms. The fraction of sp³-hybridized carbons (Fsp3) is 0.467. The van der Waals surface area contributed by atoms with Crippen molar-refractivity contribution in [2.45, 2.75) is 30.8 Å². The molecule has 0 saturated heterocycles. The van der Waals surface area contributed by atoms with Crippen molar-refractivity contribution in [3.63, 3.8) is 0 Å². The Morgan fingerprint density at radius 1 is 1.29 bits per heavy atom. The van der Waals surface area contributed by atoms with Crippen LogP contribution in [0.15, 0.2) is 29.2 Å². The van der Waals surface area contributed by atoms with Gasteiger partial charge in [0.05, 0.1) is 12.3 Å². The summed E-state index contributed by atoms with van der Waals surface area (Å²) in [6.45, 7) is 4.23. The van der Waals surface area contributed by atoms with E-state index in [9.17, 15) is 9.59 Å². The average molecular weight is 311 g/mol. The topological polar surface area (TPSA) is 75.6 Å². The first-order valence-corrected chi connectivity index (χ1v) is 7.67. The molecule has 21 heavy (non-hydrogen) atoms. The Bertz CT molecular complexity index is 473. The number of rotatable bonds is 8. The second kappa shape index (κ2) is 8.69. The number of carbonyl (C=O) groups excluding carboxylic acids is 1. The van der Waals surface area contributed by atoms with E-state index in [2.05, 4.69) is 31.3 Å². The molecule has 0 fully saturated rings. The molecule has 0 aliphatic rings. The summed E-state index contributed by atoms with van der Waals surface area (Å²) in [7, 11) is 1.30. The molecule has 0 radical (unpaired) electrons. The predicted octanol–water partition coefficient (Wildman–Crippen LogP) is 2.12. The number of carboxylic acid groups (broad SMARTS) is 1. The molecule has 0 aliphatic heterocycles. The Morgan fingerprint density at radius 2 is 1.90 bits per heavy atom. The highest BCUT2D eigenvalue weighted by atomic mass is 32.2. The van der Waals surface area contributed by atoms with E-state index < -0.39 is 12.1 Å². The first-order valence-electron chi connectivity index (χ1n) is 6.69. The van der Waals surface area contributed by atoms with Gasteiger partial charge in [-0.15, -0.1) is 11.8 Å². The van der Waals surface area contributed by atoms with Gasteiger partial charge < -0.3 is 15.2 Å². The molecule has 1 atom stereocenters. The molecule has 1 amide bonds. The van der Waals surface area contributed by atoms with Crippen LogP contribution in [0.1, 0.15) is 25.3 Å². The zero-order valence-corrected chi connectivity index (χ0v) is 13.3. The first-order chi connectivity index (χ1) is 9.93.